The number of quaternary nitrogens is 1. The number of nitrogens with zero attached hydrogens (tertiary/aromatic N) is 1. The second-order valence-corrected chi connectivity index (χ2v) is 24.7. The maximum Gasteiger partial charge on any atom is 0.472 e. The molecule has 0 rings (SSSR count). The lowest BCUT2D eigenvalue weighted by molar-refractivity contribution is -0.870. The fourth-order valence-electron chi connectivity index (χ4n) is 9.19. The van der Waals surface area contributed by atoms with Crippen molar-refractivity contribution in [1.82, 2.24) is 5.32 Å². The lowest BCUT2D eigenvalue weighted by atomic mass is 10.0. The normalized spacial score (nSPS) is 14.2. The third-order valence-corrected chi connectivity index (χ3v) is 15.3. The molecular weight excluding hydrogens is 1000 g/mol. The maximum absolute atomic E-state index is 13.5. The number of phosphoric ester groups is 1. The molecule has 0 saturated heterocycles. The first-order valence-corrected chi connectivity index (χ1v) is 34.4. The number of esters is 1. The summed E-state index contributed by atoms with van der Waals surface area (Å²) in [6, 6.07) is -0.869. The van der Waals surface area contributed by atoms with Crippen molar-refractivity contribution in [2.75, 3.05) is 40.9 Å². The Balaban J connectivity index is 5.17. The van der Waals surface area contributed by atoms with Crippen LogP contribution in [0.4, 0.5) is 0 Å². The number of hydrogen-bond acceptors (Lipinski definition) is 6. The van der Waals surface area contributed by atoms with E-state index >= 15 is 0 Å². The van der Waals surface area contributed by atoms with Gasteiger partial charge in [0.2, 0.25) is 5.91 Å². The predicted molar refractivity (Wildman–Crippen MR) is 341 cm³/mol. The Hall–Kier alpha value is -2.81. The molecule has 0 aliphatic carbocycles. The van der Waals surface area contributed by atoms with Crippen molar-refractivity contribution in [3.63, 3.8) is 0 Å². The highest BCUT2D eigenvalue weighted by atomic mass is 31.2. The van der Waals surface area contributed by atoms with E-state index in [0.29, 0.717) is 23.9 Å². The predicted octanol–water partition coefficient (Wildman–Crippen LogP) is 20.6. The van der Waals surface area contributed by atoms with Crippen molar-refractivity contribution in [3.8, 4) is 0 Å². The Bertz CT molecular complexity index is 1630. The molecule has 0 fully saturated rings. The van der Waals surface area contributed by atoms with Gasteiger partial charge in [-0.1, -0.05) is 254 Å². The number of amides is 1. The zero-order valence-electron chi connectivity index (χ0n) is 52.3. The molecule has 0 aliphatic rings. The molecule has 0 aliphatic heterocycles. The van der Waals surface area contributed by atoms with Gasteiger partial charge in [-0.05, 0) is 109 Å². The van der Waals surface area contributed by atoms with Crippen LogP contribution in [0.15, 0.2) is 85.1 Å². The van der Waals surface area contributed by atoms with Gasteiger partial charge in [-0.25, -0.2) is 4.57 Å². The zero-order chi connectivity index (χ0) is 57.9. The summed E-state index contributed by atoms with van der Waals surface area (Å²) in [5.41, 5.74) is 0. The molecule has 79 heavy (non-hydrogen) atoms. The molecule has 0 aromatic heterocycles. The van der Waals surface area contributed by atoms with Crippen LogP contribution in [-0.2, 0) is 27.9 Å². The van der Waals surface area contributed by atoms with E-state index in [1.807, 2.05) is 33.3 Å². The molecule has 2 N–H and O–H groups in total. The molecule has 3 unspecified atom stereocenters. The summed E-state index contributed by atoms with van der Waals surface area (Å²) >= 11 is 0. The fourth-order valence-corrected chi connectivity index (χ4v) is 9.93. The third kappa shape index (κ3) is 59.6. The van der Waals surface area contributed by atoms with Crippen LogP contribution in [0.25, 0.3) is 0 Å². The number of unbranched alkanes of at least 4 members (excludes halogenated alkanes) is 31. The number of phosphoric acid groups is 1. The van der Waals surface area contributed by atoms with E-state index in [1.165, 1.54) is 167 Å². The van der Waals surface area contributed by atoms with Gasteiger partial charge in [-0.2, -0.15) is 0 Å². The first-order valence-electron chi connectivity index (χ1n) is 32.9. The van der Waals surface area contributed by atoms with Gasteiger partial charge >= 0.3 is 13.8 Å². The minimum atomic E-state index is -4.46. The molecular formula is C69H126N2O7P+. The quantitative estimate of drug-likeness (QED) is 0.0205. The molecule has 0 radical (unpaired) electrons. The third-order valence-electron chi connectivity index (χ3n) is 14.3. The summed E-state index contributed by atoms with van der Waals surface area (Å²) in [5.74, 6) is -0.540. The summed E-state index contributed by atoms with van der Waals surface area (Å²) in [5, 5.41) is 3.04. The van der Waals surface area contributed by atoms with Crippen molar-refractivity contribution >= 4 is 19.7 Å². The van der Waals surface area contributed by atoms with Crippen molar-refractivity contribution in [1.29, 1.82) is 0 Å². The average molecular weight is 1130 g/mol. The minimum Gasteiger partial charge on any atom is -0.456 e. The van der Waals surface area contributed by atoms with Crippen molar-refractivity contribution in [3.05, 3.63) is 85.1 Å². The molecule has 0 bridgehead atoms. The van der Waals surface area contributed by atoms with E-state index < -0.39 is 20.0 Å². The Morgan fingerprint density at radius 1 is 0.443 bits per heavy atom. The number of likely N-dealkylation sites (N-methyl/N-ethyl adjacent to an activating group) is 1. The molecule has 10 heteroatoms. The fraction of sp³-hybridized carbons (Fsp3) is 0.768. The smallest absolute Gasteiger partial charge is 0.456 e. The van der Waals surface area contributed by atoms with Gasteiger partial charge in [0, 0.05) is 12.8 Å². The van der Waals surface area contributed by atoms with E-state index in [2.05, 4.69) is 99.0 Å². The van der Waals surface area contributed by atoms with Crippen LogP contribution in [0.5, 0.6) is 0 Å². The Labute approximate surface area is 488 Å². The monoisotopic (exact) mass is 1130 g/mol. The van der Waals surface area contributed by atoms with Crippen molar-refractivity contribution < 1.29 is 37.3 Å². The number of carbonyl (C=O) groups excluding carboxylic acids is 2. The van der Waals surface area contributed by atoms with Crippen LogP contribution in [0.2, 0.25) is 0 Å². The summed E-state index contributed by atoms with van der Waals surface area (Å²) in [6.07, 6.45) is 77.3. The van der Waals surface area contributed by atoms with Crippen LogP contribution in [0, 0.1) is 0 Å². The Morgan fingerprint density at radius 3 is 1.19 bits per heavy atom. The molecule has 458 valence electrons. The second-order valence-electron chi connectivity index (χ2n) is 23.3. The zero-order valence-corrected chi connectivity index (χ0v) is 53.2. The van der Waals surface area contributed by atoms with Crippen LogP contribution < -0.4 is 5.32 Å². The van der Waals surface area contributed by atoms with E-state index in [0.717, 1.165) is 83.5 Å². The minimum absolute atomic E-state index is 0.0309. The van der Waals surface area contributed by atoms with Crippen LogP contribution >= 0.6 is 7.82 Å². The molecule has 0 aromatic rings. The summed E-state index contributed by atoms with van der Waals surface area (Å²) in [4.78, 5) is 37.8. The van der Waals surface area contributed by atoms with Gasteiger partial charge in [-0.3, -0.25) is 18.6 Å². The SMILES string of the molecule is CCCCC/C=C\C/C=C\C/C=C\C/C=C\CCCCCC(=O)NC(COP(=O)(O)OCC[N+](C)(C)C)C(/C=C/CCCCCCCCCCC)OC(=O)CCCCCCCCCCCCCCC/C=C\C/C=C\CCCCC. The van der Waals surface area contributed by atoms with E-state index in [1.54, 1.807) is 0 Å². The molecule has 0 saturated carbocycles. The molecule has 0 aromatic carbocycles. The maximum atomic E-state index is 13.5. The number of allylic oxidation sites excluding steroid dienone is 13. The number of nitrogens with one attached hydrogen (secondary N) is 1. The molecule has 0 spiro atoms. The topological polar surface area (TPSA) is 111 Å². The lowest BCUT2D eigenvalue weighted by Crippen LogP contribution is -2.47. The van der Waals surface area contributed by atoms with E-state index in [9.17, 15) is 19.0 Å². The van der Waals surface area contributed by atoms with Crippen molar-refractivity contribution in [2.45, 2.75) is 303 Å². The van der Waals surface area contributed by atoms with Crippen LogP contribution in [-0.4, -0.2) is 74.3 Å². The number of rotatable bonds is 59. The Morgan fingerprint density at radius 2 is 0.772 bits per heavy atom. The molecule has 0 heterocycles. The van der Waals surface area contributed by atoms with E-state index in [4.69, 9.17) is 13.8 Å². The average Bonchev–Trinajstić information content (AvgIpc) is 3.41. The Kier molecular flexibility index (Phi) is 56.3. The van der Waals surface area contributed by atoms with E-state index in [-0.39, 0.29) is 31.5 Å². The second kappa shape index (κ2) is 58.4. The molecule has 3 atom stereocenters. The highest BCUT2D eigenvalue weighted by Crippen LogP contribution is 2.43. The van der Waals surface area contributed by atoms with Gasteiger partial charge in [0.15, 0.2) is 0 Å². The first kappa shape index (κ1) is 76.2. The molecule has 9 nitrogen and oxygen atoms in total. The number of hydrogen-bond donors (Lipinski definition) is 2. The van der Waals surface area contributed by atoms with Gasteiger partial charge < -0.3 is 19.4 Å². The number of carbonyl (C=O) groups is 2. The molecule has 1 amide bonds. The van der Waals surface area contributed by atoms with Gasteiger partial charge in [-0.15, -0.1) is 0 Å². The van der Waals surface area contributed by atoms with Crippen molar-refractivity contribution in [2.24, 2.45) is 0 Å². The highest BCUT2D eigenvalue weighted by molar-refractivity contribution is 7.47. The first-order chi connectivity index (χ1) is 38.4. The largest absolute Gasteiger partial charge is 0.472 e. The standard InChI is InChI=1S/C69H125N2O7P/c1-7-10-13-16-19-22-25-27-29-31-33-34-35-36-38-40-42-44-47-50-53-56-59-62-69(73)78-67(60-57-54-51-48-45-24-21-18-15-12-9-3)66(65-77-79(74,75)76-64-63-71(4,5)6)70-68(72)61-58-55-52-49-46-43-41-39-37-32-30-28-26-23-20-17-14-11-8-2/h19-20,22-23,27-30,37,39,43,46,57,60,66-67H,7-18,21,24-26,31-36,38,40-42,44-45,47-56,58-59,61-65H2,1-6H3,(H-,70,72,74,75)/p+1/b22-19-,23-20-,29-27-,30-28-,39-37-,46-43-,60-57+. The summed E-state index contributed by atoms with van der Waals surface area (Å²) in [7, 11) is 1.47. The van der Waals surface area contributed by atoms with Gasteiger partial charge in [0.1, 0.15) is 19.3 Å². The van der Waals surface area contributed by atoms with Gasteiger partial charge in [0.05, 0.1) is 33.8 Å². The number of ether oxygens (including phenoxy) is 1. The summed E-state index contributed by atoms with van der Waals surface area (Å²) in [6.45, 7) is 6.94. The van der Waals surface area contributed by atoms with Crippen LogP contribution in [0.1, 0.15) is 290 Å². The summed E-state index contributed by atoms with van der Waals surface area (Å²) < 4.78 is 30.7. The van der Waals surface area contributed by atoms with Crippen LogP contribution in [0.3, 0.4) is 0 Å². The lowest BCUT2D eigenvalue weighted by Gasteiger charge is -2.27. The van der Waals surface area contributed by atoms with Gasteiger partial charge in [0.25, 0.3) is 0 Å². The highest BCUT2D eigenvalue weighted by Gasteiger charge is 2.30.